The van der Waals surface area contributed by atoms with E-state index in [1.54, 1.807) is 6.92 Å². The molecule has 1 fully saturated rings. The van der Waals surface area contributed by atoms with Gasteiger partial charge in [0.1, 0.15) is 0 Å². The van der Waals surface area contributed by atoms with Crippen LogP contribution in [0.25, 0.3) is 0 Å². The zero-order valence-electron chi connectivity index (χ0n) is 8.19. The predicted molar refractivity (Wildman–Crippen MR) is 48.7 cm³/mol. The van der Waals surface area contributed by atoms with Gasteiger partial charge in [0.05, 0.1) is 19.1 Å². The molecule has 0 radical (unpaired) electrons. The minimum atomic E-state index is -0.723. The lowest BCUT2D eigenvalue weighted by atomic mass is 10.0. The fourth-order valence-corrected chi connectivity index (χ4v) is 1.49. The maximum Gasteiger partial charge on any atom is 0.306 e. The van der Waals surface area contributed by atoms with Crippen LogP contribution in [0, 0.1) is 5.92 Å². The Hall–Kier alpha value is -0.610. The molecular weight excluding hydrogens is 170 g/mol. The highest BCUT2D eigenvalue weighted by Crippen LogP contribution is 2.14. The van der Waals surface area contributed by atoms with Gasteiger partial charge in [-0.15, -0.1) is 0 Å². The van der Waals surface area contributed by atoms with Crippen molar-refractivity contribution < 1.29 is 14.6 Å². The first-order valence-corrected chi connectivity index (χ1v) is 4.62. The molecular formula is C9H17NO3. The summed E-state index contributed by atoms with van der Waals surface area (Å²) in [5.41, 5.74) is 0. The second-order valence-corrected chi connectivity index (χ2v) is 3.68. The van der Waals surface area contributed by atoms with Crippen LogP contribution in [-0.4, -0.2) is 48.8 Å². The third kappa shape index (κ3) is 2.97. The van der Waals surface area contributed by atoms with E-state index >= 15 is 0 Å². The van der Waals surface area contributed by atoms with Gasteiger partial charge in [-0.2, -0.15) is 0 Å². The summed E-state index contributed by atoms with van der Waals surface area (Å²) in [5.74, 6) is -1.01. The van der Waals surface area contributed by atoms with Crippen molar-refractivity contribution in [1.82, 2.24) is 4.90 Å². The molecule has 0 saturated carbocycles. The lowest BCUT2D eigenvalue weighted by Gasteiger charge is -2.33. The van der Waals surface area contributed by atoms with Crippen LogP contribution >= 0.6 is 0 Å². The Balaban J connectivity index is 2.37. The van der Waals surface area contributed by atoms with Crippen molar-refractivity contribution in [3.8, 4) is 0 Å². The van der Waals surface area contributed by atoms with Gasteiger partial charge in [-0.1, -0.05) is 6.92 Å². The number of hydrogen-bond donors (Lipinski definition) is 1. The highest BCUT2D eigenvalue weighted by atomic mass is 16.5. The number of carboxylic acid groups (broad SMARTS) is 1. The summed E-state index contributed by atoms with van der Waals surface area (Å²) in [6.45, 7) is 4.06. The largest absolute Gasteiger partial charge is 0.481 e. The second-order valence-electron chi connectivity index (χ2n) is 3.68. The van der Waals surface area contributed by atoms with Gasteiger partial charge in [0.25, 0.3) is 0 Å². The van der Waals surface area contributed by atoms with Gasteiger partial charge >= 0.3 is 5.97 Å². The zero-order valence-corrected chi connectivity index (χ0v) is 8.19. The number of nitrogens with zero attached hydrogens (tertiary/aromatic N) is 1. The SMILES string of the molecule is CC(CC1COCCN1C)C(=O)O. The van der Waals surface area contributed by atoms with Crippen LogP contribution < -0.4 is 0 Å². The Bertz CT molecular complexity index is 184. The molecule has 0 bridgehead atoms. The summed E-state index contributed by atoms with van der Waals surface area (Å²) in [6, 6.07) is 0.264. The van der Waals surface area contributed by atoms with Crippen LogP contribution in [0.15, 0.2) is 0 Å². The molecule has 76 valence electrons. The minimum absolute atomic E-state index is 0.264. The summed E-state index contributed by atoms with van der Waals surface area (Å²) in [6.07, 6.45) is 0.672. The maximum atomic E-state index is 10.6. The predicted octanol–water partition coefficient (Wildman–Crippen LogP) is 0.428. The highest BCUT2D eigenvalue weighted by Gasteiger charge is 2.24. The van der Waals surface area contributed by atoms with Crippen LogP contribution in [0.3, 0.4) is 0 Å². The van der Waals surface area contributed by atoms with E-state index < -0.39 is 5.97 Å². The number of ether oxygens (including phenoxy) is 1. The van der Waals surface area contributed by atoms with Crippen LogP contribution in [0.2, 0.25) is 0 Å². The Morgan fingerprint density at radius 3 is 3.00 bits per heavy atom. The van der Waals surface area contributed by atoms with Gasteiger partial charge in [0, 0.05) is 12.6 Å². The number of rotatable bonds is 3. The van der Waals surface area contributed by atoms with Crippen molar-refractivity contribution in [3.63, 3.8) is 0 Å². The molecule has 0 spiro atoms. The number of aliphatic carboxylic acids is 1. The van der Waals surface area contributed by atoms with Gasteiger partial charge in [0.15, 0.2) is 0 Å². The fraction of sp³-hybridized carbons (Fsp3) is 0.889. The van der Waals surface area contributed by atoms with E-state index in [1.165, 1.54) is 0 Å². The first kappa shape index (κ1) is 10.5. The fourth-order valence-electron chi connectivity index (χ4n) is 1.49. The molecule has 0 aromatic heterocycles. The summed E-state index contributed by atoms with van der Waals surface area (Å²) in [4.78, 5) is 12.8. The van der Waals surface area contributed by atoms with E-state index in [-0.39, 0.29) is 12.0 Å². The van der Waals surface area contributed by atoms with Gasteiger partial charge in [-0.25, -0.2) is 0 Å². The molecule has 0 aliphatic carbocycles. The molecule has 0 aromatic rings. The molecule has 0 amide bonds. The quantitative estimate of drug-likeness (QED) is 0.696. The molecule has 13 heavy (non-hydrogen) atoms. The standard InChI is InChI=1S/C9H17NO3/c1-7(9(11)12)5-8-6-13-4-3-10(8)2/h7-8H,3-6H2,1-2H3,(H,11,12). The molecule has 4 heteroatoms. The molecule has 2 unspecified atom stereocenters. The minimum Gasteiger partial charge on any atom is -0.481 e. The zero-order chi connectivity index (χ0) is 9.84. The normalized spacial score (nSPS) is 27.1. The van der Waals surface area contributed by atoms with E-state index in [0.717, 1.165) is 13.2 Å². The molecule has 2 atom stereocenters. The van der Waals surface area contributed by atoms with E-state index in [9.17, 15) is 4.79 Å². The van der Waals surface area contributed by atoms with Crippen molar-refractivity contribution in [2.24, 2.45) is 5.92 Å². The van der Waals surface area contributed by atoms with Crippen molar-refractivity contribution in [2.45, 2.75) is 19.4 Å². The van der Waals surface area contributed by atoms with Gasteiger partial charge in [-0.05, 0) is 13.5 Å². The molecule has 1 aliphatic rings. The van der Waals surface area contributed by atoms with Crippen molar-refractivity contribution >= 4 is 5.97 Å². The van der Waals surface area contributed by atoms with E-state index in [2.05, 4.69) is 4.90 Å². The van der Waals surface area contributed by atoms with E-state index in [0.29, 0.717) is 13.0 Å². The first-order valence-electron chi connectivity index (χ1n) is 4.62. The average Bonchev–Trinajstić information content (AvgIpc) is 2.08. The van der Waals surface area contributed by atoms with Crippen molar-refractivity contribution in [1.29, 1.82) is 0 Å². The molecule has 0 aromatic carbocycles. The number of hydrogen-bond acceptors (Lipinski definition) is 3. The Labute approximate surface area is 78.5 Å². The van der Waals surface area contributed by atoms with Crippen LogP contribution in [-0.2, 0) is 9.53 Å². The van der Waals surface area contributed by atoms with Crippen molar-refractivity contribution in [3.05, 3.63) is 0 Å². The smallest absolute Gasteiger partial charge is 0.306 e. The van der Waals surface area contributed by atoms with E-state index in [4.69, 9.17) is 9.84 Å². The highest BCUT2D eigenvalue weighted by molar-refractivity contribution is 5.69. The second kappa shape index (κ2) is 4.58. The van der Waals surface area contributed by atoms with Crippen LogP contribution in [0.4, 0.5) is 0 Å². The molecule has 1 N–H and O–H groups in total. The molecule has 1 saturated heterocycles. The number of morpholine rings is 1. The summed E-state index contributed by atoms with van der Waals surface area (Å²) >= 11 is 0. The third-order valence-electron chi connectivity index (χ3n) is 2.57. The summed E-state index contributed by atoms with van der Waals surface area (Å²) < 4.78 is 5.30. The number of carbonyl (C=O) groups is 1. The topological polar surface area (TPSA) is 49.8 Å². The Morgan fingerprint density at radius 2 is 2.46 bits per heavy atom. The maximum absolute atomic E-state index is 10.6. The van der Waals surface area contributed by atoms with Crippen LogP contribution in [0.5, 0.6) is 0 Å². The molecule has 1 rings (SSSR count). The molecule has 4 nitrogen and oxygen atoms in total. The summed E-state index contributed by atoms with van der Waals surface area (Å²) in [7, 11) is 2.02. The van der Waals surface area contributed by atoms with Gasteiger partial charge in [-0.3, -0.25) is 9.69 Å². The number of likely N-dealkylation sites (N-methyl/N-ethyl adjacent to an activating group) is 1. The first-order chi connectivity index (χ1) is 6.11. The third-order valence-corrected chi connectivity index (χ3v) is 2.57. The lowest BCUT2D eigenvalue weighted by Crippen LogP contribution is -2.44. The lowest BCUT2D eigenvalue weighted by molar-refractivity contribution is -0.142. The average molecular weight is 187 g/mol. The van der Waals surface area contributed by atoms with Gasteiger partial charge in [0.2, 0.25) is 0 Å². The molecule has 1 heterocycles. The van der Waals surface area contributed by atoms with Crippen molar-refractivity contribution in [2.75, 3.05) is 26.8 Å². The monoisotopic (exact) mass is 187 g/mol. The Kier molecular flexibility index (Phi) is 3.69. The summed E-state index contributed by atoms with van der Waals surface area (Å²) in [5, 5.41) is 8.74. The van der Waals surface area contributed by atoms with E-state index in [1.807, 2.05) is 7.05 Å². The van der Waals surface area contributed by atoms with Crippen LogP contribution in [0.1, 0.15) is 13.3 Å². The van der Waals surface area contributed by atoms with Gasteiger partial charge < -0.3 is 9.84 Å². The Morgan fingerprint density at radius 1 is 1.77 bits per heavy atom. The molecule has 1 aliphatic heterocycles. The number of carboxylic acids is 1.